The van der Waals surface area contributed by atoms with E-state index in [9.17, 15) is 13.2 Å². The highest BCUT2D eigenvalue weighted by Gasteiger charge is 2.29. The van der Waals surface area contributed by atoms with Gasteiger partial charge in [0.1, 0.15) is 9.09 Å². The minimum atomic E-state index is -3.54. The quantitative estimate of drug-likeness (QED) is 0.889. The van der Waals surface area contributed by atoms with Gasteiger partial charge in [-0.3, -0.25) is 0 Å². The van der Waals surface area contributed by atoms with Crippen molar-refractivity contribution in [2.75, 3.05) is 32.7 Å². The van der Waals surface area contributed by atoms with Crippen LogP contribution >= 0.6 is 11.3 Å². The standard InChI is InChI=1S/C11H16N2O4S2/c1-2-12-5-7-13(8-6-12)19(16,17)10-4-3-9(18-10)11(14)15/h3-4H,2,5-8H2,1H3,(H,14,15). The molecule has 0 radical (unpaired) electrons. The van der Waals surface area contributed by atoms with Crippen molar-refractivity contribution in [2.45, 2.75) is 11.1 Å². The van der Waals surface area contributed by atoms with Crippen LogP contribution in [0.15, 0.2) is 16.3 Å². The van der Waals surface area contributed by atoms with Crippen molar-refractivity contribution in [3.63, 3.8) is 0 Å². The maximum Gasteiger partial charge on any atom is 0.345 e. The summed E-state index contributed by atoms with van der Waals surface area (Å²) in [6.45, 7) is 5.30. The maximum atomic E-state index is 12.3. The molecule has 0 aromatic carbocycles. The monoisotopic (exact) mass is 304 g/mol. The number of hydrogen-bond acceptors (Lipinski definition) is 5. The number of thiophene rings is 1. The summed E-state index contributed by atoms with van der Waals surface area (Å²) in [5, 5.41) is 8.84. The van der Waals surface area contributed by atoms with E-state index < -0.39 is 16.0 Å². The van der Waals surface area contributed by atoms with Gasteiger partial charge in [0.25, 0.3) is 10.0 Å². The summed E-state index contributed by atoms with van der Waals surface area (Å²) in [5.41, 5.74) is 0. The van der Waals surface area contributed by atoms with Crippen LogP contribution in [0.25, 0.3) is 0 Å². The largest absolute Gasteiger partial charge is 0.477 e. The first-order valence-electron chi connectivity index (χ1n) is 6.00. The Labute approximate surface area is 116 Å². The van der Waals surface area contributed by atoms with Gasteiger partial charge >= 0.3 is 5.97 Å². The Morgan fingerprint density at radius 1 is 1.32 bits per heavy atom. The molecule has 106 valence electrons. The number of carboxylic acids is 1. The van der Waals surface area contributed by atoms with Crippen molar-refractivity contribution in [2.24, 2.45) is 0 Å². The van der Waals surface area contributed by atoms with Crippen LogP contribution in [-0.2, 0) is 10.0 Å². The Bertz CT molecular complexity index is 559. The molecule has 1 saturated heterocycles. The summed E-state index contributed by atoms with van der Waals surface area (Å²) < 4.78 is 26.2. The average molecular weight is 304 g/mol. The summed E-state index contributed by atoms with van der Waals surface area (Å²) in [6.07, 6.45) is 0. The van der Waals surface area contributed by atoms with Gasteiger partial charge in [-0.1, -0.05) is 6.92 Å². The topological polar surface area (TPSA) is 77.9 Å². The normalized spacial score (nSPS) is 18.6. The molecular weight excluding hydrogens is 288 g/mol. The van der Waals surface area contributed by atoms with Gasteiger partial charge in [0.15, 0.2) is 0 Å². The molecule has 2 rings (SSSR count). The number of piperazine rings is 1. The first-order chi connectivity index (χ1) is 8.95. The lowest BCUT2D eigenvalue weighted by Gasteiger charge is -2.32. The zero-order valence-electron chi connectivity index (χ0n) is 10.6. The van der Waals surface area contributed by atoms with Gasteiger partial charge < -0.3 is 10.0 Å². The van der Waals surface area contributed by atoms with Gasteiger partial charge in [0.05, 0.1) is 0 Å². The molecule has 1 N–H and O–H groups in total. The Morgan fingerprint density at radius 2 is 1.95 bits per heavy atom. The van der Waals surface area contributed by atoms with E-state index >= 15 is 0 Å². The molecule has 2 heterocycles. The lowest BCUT2D eigenvalue weighted by Crippen LogP contribution is -2.48. The molecule has 0 atom stereocenters. The van der Waals surface area contributed by atoms with E-state index in [1.165, 1.54) is 16.4 Å². The zero-order chi connectivity index (χ0) is 14.0. The Kier molecular flexibility index (Phi) is 4.24. The SMILES string of the molecule is CCN1CCN(S(=O)(=O)c2ccc(C(=O)O)s2)CC1. The number of likely N-dealkylation sites (N-methyl/N-ethyl adjacent to an activating group) is 1. The van der Waals surface area contributed by atoms with E-state index in [2.05, 4.69) is 4.90 Å². The van der Waals surface area contributed by atoms with Crippen molar-refractivity contribution in [3.05, 3.63) is 17.0 Å². The Balaban J connectivity index is 2.16. The molecule has 1 aromatic heterocycles. The van der Waals surface area contributed by atoms with Gasteiger partial charge in [-0.05, 0) is 18.7 Å². The van der Waals surface area contributed by atoms with Crippen molar-refractivity contribution in [3.8, 4) is 0 Å². The van der Waals surface area contributed by atoms with E-state index in [1.807, 2.05) is 6.92 Å². The number of nitrogens with zero attached hydrogens (tertiary/aromatic N) is 2. The minimum absolute atomic E-state index is 0.0470. The average Bonchev–Trinajstić information content (AvgIpc) is 2.89. The summed E-state index contributed by atoms with van der Waals surface area (Å²) in [5.74, 6) is -1.10. The maximum absolute atomic E-state index is 12.3. The van der Waals surface area contributed by atoms with Crippen molar-refractivity contribution >= 4 is 27.3 Å². The first kappa shape index (κ1) is 14.4. The molecule has 1 aromatic rings. The molecule has 1 aliphatic rings. The van der Waals surface area contributed by atoms with Crippen LogP contribution in [0.5, 0.6) is 0 Å². The van der Waals surface area contributed by atoms with E-state index in [1.54, 1.807) is 0 Å². The Hall–Kier alpha value is -0.960. The lowest BCUT2D eigenvalue weighted by atomic mass is 10.4. The molecule has 0 spiro atoms. The third-order valence-corrected chi connectivity index (χ3v) is 6.60. The van der Waals surface area contributed by atoms with Gasteiger partial charge in [0, 0.05) is 26.2 Å². The predicted octanol–water partition coefficient (Wildman–Crippen LogP) is 0.772. The van der Waals surface area contributed by atoms with E-state index in [0.29, 0.717) is 26.2 Å². The fraction of sp³-hybridized carbons (Fsp3) is 0.545. The number of hydrogen-bond donors (Lipinski definition) is 1. The number of sulfonamides is 1. The molecule has 0 saturated carbocycles. The molecule has 19 heavy (non-hydrogen) atoms. The van der Waals surface area contributed by atoms with Crippen LogP contribution in [0.4, 0.5) is 0 Å². The summed E-state index contributed by atoms with van der Waals surface area (Å²) in [7, 11) is -3.54. The summed E-state index contributed by atoms with van der Waals surface area (Å²) in [4.78, 5) is 13.0. The van der Waals surface area contributed by atoms with Crippen molar-refractivity contribution in [1.29, 1.82) is 0 Å². The fourth-order valence-electron chi connectivity index (χ4n) is 1.99. The molecule has 8 heteroatoms. The van der Waals surface area contributed by atoms with Gasteiger partial charge in [-0.25, -0.2) is 13.2 Å². The summed E-state index contributed by atoms with van der Waals surface area (Å²) >= 11 is 0.805. The van der Waals surface area contributed by atoms with E-state index in [4.69, 9.17) is 5.11 Å². The van der Waals surface area contributed by atoms with Crippen molar-refractivity contribution in [1.82, 2.24) is 9.21 Å². The van der Waals surface area contributed by atoms with Crippen molar-refractivity contribution < 1.29 is 18.3 Å². The van der Waals surface area contributed by atoms with Crippen LogP contribution in [0.1, 0.15) is 16.6 Å². The first-order valence-corrected chi connectivity index (χ1v) is 8.26. The van der Waals surface area contributed by atoms with Gasteiger partial charge in [-0.2, -0.15) is 4.31 Å². The van der Waals surface area contributed by atoms with Crippen LogP contribution in [-0.4, -0.2) is 61.4 Å². The third kappa shape index (κ3) is 2.97. The second-order valence-electron chi connectivity index (χ2n) is 4.26. The number of carbonyl (C=O) groups is 1. The smallest absolute Gasteiger partial charge is 0.345 e. The van der Waals surface area contributed by atoms with Crippen LogP contribution in [0.2, 0.25) is 0 Å². The summed E-state index contributed by atoms with van der Waals surface area (Å²) in [6, 6.07) is 2.71. The number of rotatable bonds is 4. The van der Waals surface area contributed by atoms with Crippen LogP contribution < -0.4 is 0 Å². The van der Waals surface area contributed by atoms with Gasteiger partial charge in [-0.15, -0.1) is 11.3 Å². The highest BCUT2D eigenvalue weighted by atomic mass is 32.2. The molecule has 6 nitrogen and oxygen atoms in total. The molecular formula is C11H16N2O4S2. The predicted molar refractivity (Wildman–Crippen MR) is 72.2 cm³/mol. The Morgan fingerprint density at radius 3 is 2.42 bits per heavy atom. The van der Waals surface area contributed by atoms with Crippen LogP contribution in [0, 0.1) is 0 Å². The molecule has 1 fully saturated rings. The van der Waals surface area contributed by atoms with Crippen LogP contribution in [0.3, 0.4) is 0 Å². The van der Waals surface area contributed by atoms with E-state index in [0.717, 1.165) is 17.9 Å². The zero-order valence-corrected chi connectivity index (χ0v) is 12.2. The lowest BCUT2D eigenvalue weighted by molar-refractivity contribution is 0.0702. The minimum Gasteiger partial charge on any atom is -0.477 e. The number of aromatic carboxylic acids is 1. The molecule has 0 amide bonds. The molecule has 1 aliphatic heterocycles. The number of carboxylic acid groups (broad SMARTS) is 1. The van der Waals surface area contributed by atoms with Gasteiger partial charge in [0.2, 0.25) is 0 Å². The highest BCUT2D eigenvalue weighted by molar-refractivity contribution is 7.91. The highest BCUT2D eigenvalue weighted by Crippen LogP contribution is 2.25. The second-order valence-corrected chi connectivity index (χ2v) is 7.51. The van der Waals surface area contributed by atoms with E-state index in [-0.39, 0.29) is 9.09 Å². The molecule has 0 aliphatic carbocycles. The molecule has 0 unspecified atom stereocenters. The second kappa shape index (κ2) is 5.58. The fourth-order valence-corrected chi connectivity index (χ4v) is 4.71. The third-order valence-electron chi connectivity index (χ3n) is 3.16. The molecule has 0 bridgehead atoms.